The van der Waals surface area contributed by atoms with E-state index in [0.29, 0.717) is 0 Å². The second-order valence-corrected chi connectivity index (χ2v) is 5.84. The third kappa shape index (κ3) is 2.36. The zero-order valence-electron chi connectivity index (χ0n) is 9.90. The quantitative estimate of drug-likeness (QED) is 0.791. The number of aromatic nitrogens is 2. The molecule has 19 heavy (non-hydrogen) atoms. The van der Waals surface area contributed by atoms with E-state index in [-0.39, 0.29) is 0 Å². The van der Waals surface area contributed by atoms with Gasteiger partial charge in [0, 0.05) is 10.7 Å². The predicted octanol–water partition coefficient (Wildman–Crippen LogP) is 3.78. The molecule has 0 saturated heterocycles. The van der Waals surface area contributed by atoms with Crippen molar-refractivity contribution in [3.8, 4) is 5.69 Å². The van der Waals surface area contributed by atoms with Crippen LogP contribution >= 0.6 is 27.3 Å². The number of hydrogen-bond acceptors (Lipinski definition) is 3. The molecule has 1 aromatic carbocycles. The van der Waals surface area contributed by atoms with Crippen molar-refractivity contribution in [2.45, 2.75) is 6.10 Å². The predicted molar refractivity (Wildman–Crippen MR) is 79.6 cm³/mol. The molecule has 1 N–H and O–H groups in total. The van der Waals surface area contributed by atoms with Gasteiger partial charge in [0.15, 0.2) is 0 Å². The molecule has 1 atom stereocenters. The molecule has 0 saturated carbocycles. The maximum atomic E-state index is 10.5. The van der Waals surface area contributed by atoms with Crippen molar-refractivity contribution in [3.05, 3.63) is 69.1 Å². The van der Waals surface area contributed by atoms with Crippen LogP contribution in [0.5, 0.6) is 0 Å². The van der Waals surface area contributed by atoms with E-state index in [9.17, 15) is 5.11 Å². The first-order chi connectivity index (χ1) is 9.27. The Morgan fingerprint density at radius 3 is 2.63 bits per heavy atom. The number of aliphatic hydroxyl groups excluding tert-OH is 1. The maximum Gasteiger partial charge on any atom is 0.131 e. The van der Waals surface area contributed by atoms with Gasteiger partial charge in [0.05, 0.1) is 16.3 Å². The van der Waals surface area contributed by atoms with E-state index < -0.39 is 6.10 Å². The number of aliphatic hydroxyl groups is 1. The molecule has 0 spiro atoms. The van der Waals surface area contributed by atoms with Crippen LogP contribution < -0.4 is 0 Å². The smallest absolute Gasteiger partial charge is 0.131 e. The summed E-state index contributed by atoms with van der Waals surface area (Å²) in [6, 6.07) is 13.6. The zero-order chi connectivity index (χ0) is 13.2. The molecule has 0 amide bonds. The number of rotatable bonds is 3. The maximum absolute atomic E-state index is 10.5. The van der Waals surface area contributed by atoms with Crippen LogP contribution in [-0.2, 0) is 0 Å². The van der Waals surface area contributed by atoms with Crippen LogP contribution in [0.25, 0.3) is 5.69 Å². The fourth-order valence-corrected chi connectivity index (χ4v) is 3.53. The minimum Gasteiger partial charge on any atom is -0.381 e. The van der Waals surface area contributed by atoms with Crippen LogP contribution in [-0.4, -0.2) is 14.9 Å². The van der Waals surface area contributed by atoms with Gasteiger partial charge in [0.2, 0.25) is 0 Å². The summed E-state index contributed by atoms with van der Waals surface area (Å²) in [6.45, 7) is 0. The van der Waals surface area contributed by atoms with E-state index in [0.717, 1.165) is 20.7 Å². The topological polar surface area (TPSA) is 38.1 Å². The van der Waals surface area contributed by atoms with Gasteiger partial charge in [-0.15, -0.1) is 11.3 Å². The first-order valence-corrected chi connectivity index (χ1v) is 7.45. The molecule has 2 heterocycles. The first kappa shape index (κ1) is 12.6. The Balaban J connectivity index is 2.04. The SMILES string of the molecule is OC(c1sccc1Br)c1ccnn1-c1ccccc1. The standard InChI is InChI=1S/C14H11BrN2OS/c15-11-7-9-19-14(11)13(18)12-6-8-16-17(12)10-4-2-1-3-5-10/h1-9,13,18H. The summed E-state index contributed by atoms with van der Waals surface area (Å²) in [4.78, 5) is 0.887. The summed E-state index contributed by atoms with van der Waals surface area (Å²) in [7, 11) is 0. The normalized spacial score (nSPS) is 12.5. The van der Waals surface area contributed by atoms with Crippen LogP contribution in [0.15, 0.2) is 58.5 Å². The monoisotopic (exact) mass is 334 g/mol. The minimum absolute atomic E-state index is 0.683. The number of halogens is 1. The van der Waals surface area contributed by atoms with Crippen LogP contribution in [0.4, 0.5) is 0 Å². The van der Waals surface area contributed by atoms with E-state index in [1.54, 1.807) is 10.9 Å². The number of para-hydroxylation sites is 1. The number of nitrogens with zero attached hydrogens (tertiary/aromatic N) is 2. The van der Waals surface area contributed by atoms with Gasteiger partial charge in [-0.25, -0.2) is 4.68 Å². The number of hydrogen-bond donors (Lipinski definition) is 1. The van der Waals surface area contributed by atoms with Crippen LogP contribution in [0.3, 0.4) is 0 Å². The van der Waals surface area contributed by atoms with Crippen LogP contribution in [0.2, 0.25) is 0 Å². The van der Waals surface area contributed by atoms with Gasteiger partial charge in [-0.05, 0) is 45.6 Å². The molecule has 0 aliphatic rings. The molecule has 0 radical (unpaired) electrons. The molecule has 3 aromatic rings. The molecule has 0 aliphatic heterocycles. The van der Waals surface area contributed by atoms with Crippen molar-refractivity contribution in [1.29, 1.82) is 0 Å². The van der Waals surface area contributed by atoms with Crippen molar-refractivity contribution in [1.82, 2.24) is 9.78 Å². The van der Waals surface area contributed by atoms with Gasteiger partial charge < -0.3 is 5.11 Å². The Labute approximate surface area is 123 Å². The molecule has 96 valence electrons. The molecule has 3 nitrogen and oxygen atoms in total. The number of benzene rings is 1. The van der Waals surface area contributed by atoms with Crippen molar-refractivity contribution < 1.29 is 5.11 Å². The average molecular weight is 335 g/mol. The second kappa shape index (κ2) is 5.28. The lowest BCUT2D eigenvalue weighted by atomic mass is 10.2. The first-order valence-electron chi connectivity index (χ1n) is 5.77. The average Bonchev–Trinajstić information content (AvgIpc) is 3.07. The second-order valence-electron chi connectivity index (χ2n) is 4.04. The number of thiophene rings is 1. The highest BCUT2D eigenvalue weighted by Gasteiger charge is 2.19. The zero-order valence-corrected chi connectivity index (χ0v) is 12.3. The molecular formula is C14H11BrN2OS. The van der Waals surface area contributed by atoms with Crippen LogP contribution in [0, 0.1) is 0 Å². The molecule has 0 aliphatic carbocycles. The Bertz CT molecular complexity index is 678. The van der Waals surface area contributed by atoms with Gasteiger partial charge in [-0.3, -0.25) is 0 Å². The lowest BCUT2D eigenvalue weighted by Crippen LogP contribution is -2.07. The summed E-state index contributed by atoms with van der Waals surface area (Å²) in [5.74, 6) is 0. The van der Waals surface area contributed by atoms with E-state index in [1.165, 1.54) is 11.3 Å². The van der Waals surface area contributed by atoms with Crippen molar-refractivity contribution in [2.75, 3.05) is 0 Å². The fourth-order valence-electron chi connectivity index (χ4n) is 1.94. The molecular weight excluding hydrogens is 324 g/mol. The lowest BCUT2D eigenvalue weighted by molar-refractivity contribution is 0.215. The molecule has 0 bridgehead atoms. The summed E-state index contributed by atoms with van der Waals surface area (Å²) in [6.07, 6.45) is 1.02. The minimum atomic E-state index is -0.683. The summed E-state index contributed by atoms with van der Waals surface area (Å²) in [5.41, 5.74) is 1.70. The summed E-state index contributed by atoms with van der Waals surface area (Å²) >= 11 is 4.98. The van der Waals surface area contributed by atoms with Gasteiger partial charge >= 0.3 is 0 Å². The molecule has 5 heteroatoms. The third-order valence-corrected chi connectivity index (χ3v) is 4.77. The largest absolute Gasteiger partial charge is 0.381 e. The van der Waals surface area contributed by atoms with E-state index in [4.69, 9.17) is 0 Å². The Morgan fingerprint density at radius 2 is 1.95 bits per heavy atom. The van der Waals surface area contributed by atoms with Gasteiger partial charge in [-0.2, -0.15) is 5.10 Å². The molecule has 1 unspecified atom stereocenters. The van der Waals surface area contributed by atoms with Crippen LogP contribution in [0.1, 0.15) is 16.7 Å². The third-order valence-electron chi connectivity index (χ3n) is 2.85. The summed E-state index contributed by atoms with van der Waals surface area (Å²) in [5, 5.41) is 16.8. The molecule has 2 aromatic heterocycles. The fraction of sp³-hybridized carbons (Fsp3) is 0.0714. The van der Waals surface area contributed by atoms with E-state index >= 15 is 0 Å². The van der Waals surface area contributed by atoms with Crippen molar-refractivity contribution >= 4 is 27.3 Å². The van der Waals surface area contributed by atoms with Gasteiger partial charge in [0.25, 0.3) is 0 Å². The Morgan fingerprint density at radius 1 is 1.16 bits per heavy atom. The highest BCUT2D eigenvalue weighted by atomic mass is 79.9. The lowest BCUT2D eigenvalue weighted by Gasteiger charge is -2.12. The highest BCUT2D eigenvalue weighted by molar-refractivity contribution is 9.10. The van der Waals surface area contributed by atoms with Crippen molar-refractivity contribution in [2.24, 2.45) is 0 Å². The Kier molecular flexibility index (Phi) is 3.50. The summed E-state index contributed by atoms with van der Waals surface area (Å²) < 4.78 is 2.68. The molecule has 0 fully saturated rings. The Hall–Kier alpha value is -1.43. The highest BCUT2D eigenvalue weighted by Crippen LogP contribution is 2.33. The van der Waals surface area contributed by atoms with Crippen molar-refractivity contribution in [3.63, 3.8) is 0 Å². The molecule has 3 rings (SSSR count). The van der Waals surface area contributed by atoms with Gasteiger partial charge in [-0.1, -0.05) is 18.2 Å². The van der Waals surface area contributed by atoms with E-state index in [2.05, 4.69) is 21.0 Å². The van der Waals surface area contributed by atoms with E-state index in [1.807, 2.05) is 47.8 Å². The van der Waals surface area contributed by atoms with Gasteiger partial charge in [0.1, 0.15) is 6.10 Å².